The van der Waals surface area contributed by atoms with E-state index in [2.05, 4.69) is 21.6 Å². The summed E-state index contributed by atoms with van der Waals surface area (Å²) in [5, 5.41) is 0. The van der Waals surface area contributed by atoms with Crippen molar-refractivity contribution < 1.29 is 14.3 Å². The molecule has 0 bridgehead atoms. The third-order valence-electron chi connectivity index (χ3n) is 4.65. The van der Waals surface area contributed by atoms with Crippen molar-refractivity contribution in [3.8, 4) is 0 Å². The second-order valence-corrected chi connectivity index (χ2v) is 6.19. The Balaban J connectivity index is 0.000000343. The lowest BCUT2D eigenvalue weighted by molar-refractivity contribution is -0.126. The molecule has 5 nitrogen and oxygen atoms in total. The van der Waals surface area contributed by atoms with Crippen molar-refractivity contribution in [2.45, 2.75) is 57.9 Å². The molecular formula is C18H38N2O3. The van der Waals surface area contributed by atoms with Gasteiger partial charge in [0.1, 0.15) is 0 Å². The number of rotatable bonds is 3. The molecule has 3 rings (SSSR count). The third-order valence-corrected chi connectivity index (χ3v) is 4.65. The molecule has 0 aliphatic carbocycles. The minimum atomic E-state index is 0.375. The normalized spacial score (nSPS) is 21.8. The first kappa shape index (κ1) is 22.4. The summed E-state index contributed by atoms with van der Waals surface area (Å²) in [6.07, 6.45) is 8.31. The molecule has 0 amide bonds. The van der Waals surface area contributed by atoms with Crippen molar-refractivity contribution in [1.29, 1.82) is 0 Å². The van der Waals surface area contributed by atoms with Crippen LogP contribution in [-0.2, 0) is 14.3 Å². The number of likely N-dealkylation sites (tertiary alicyclic amines) is 1. The van der Waals surface area contributed by atoms with Gasteiger partial charge in [0.05, 0.1) is 13.7 Å². The summed E-state index contributed by atoms with van der Waals surface area (Å²) in [4.78, 5) is 13.9. The average molecular weight is 331 g/mol. The molecule has 0 saturated carbocycles. The molecule has 0 unspecified atom stereocenters. The molecule has 23 heavy (non-hydrogen) atoms. The van der Waals surface area contributed by atoms with Crippen LogP contribution in [0, 0.1) is 0 Å². The lowest BCUT2D eigenvalue weighted by Crippen LogP contribution is -2.42. The molecule has 0 aromatic carbocycles. The monoisotopic (exact) mass is 330 g/mol. The van der Waals surface area contributed by atoms with E-state index in [0.717, 1.165) is 6.61 Å². The molecule has 3 fully saturated rings. The zero-order chi connectivity index (χ0) is 17.6. The van der Waals surface area contributed by atoms with Crippen LogP contribution in [0.2, 0.25) is 0 Å². The fourth-order valence-corrected chi connectivity index (χ4v) is 3.60. The third kappa shape index (κ3) is 8.13. The Bertz CT molecular complexity index is 271. The average Bonchev–Trinajstić information content (AvgIpc) is 3.27. The van der Waals surface area contributed by atoms with E-state index in [4.69, 9.17) is 9.53 Å². The van der Waals surface area contributed by atoms with Crippen LogP contribution < -0.4 is 0 Å². The fraction of sp³-hybridized carbons (Fsp3) is 0.944. The molecule has 3 aliphatic heterocycles. The number of carbonyl (C=O) groups is 1. The Morgan fingerprint density at radius 1 is 0.957 bits per heavy atom. The topological polar surface area (TPSA) is 42.0 Å². The summed E-state index contributed by atoms with van der Waals surface area (Å²) >= 11 is 0. The Labute approximate surface area is 143 Å². The Hall–Kier alpha value is -0.650. The van der Waals surface area contributed by atoms with Gasteiger partial charge in [-0.05, 0) is 71.8 Å². The maximum atomic E-state index is 8.95. The quantitative estimate of drug-likeness (QED) is 0.744. The maximum Gasteiger partial charge on any atom is 0.292 e. The van der Waals surface area contributed by atoms with Gasteiger partial charge in [0.25, 0.3) is 6.47 Å². The smallest absolute Gasteiger partial charge is 0.292 e. The molecule has 0 radical (unpaired) electrons. The van der Waals surface area contributed by atoms with Crippen LogP contribution in [0.25, 0.3) is 0 Å². The van der Waals surface area contributed by atoms with Gasteiger partial charge in [-0.3, -0.25) is 9.69 Å². The number of ether oxygens (including phenoxy) is 2. The second-order valence-electron chi connectivity index (χ2n) is 6.19. The zero-order valence-corrected chi connectivity index (χ0v) is 16.0. The number of fused-ring (bicyclic) bond motifs is 1. The highest BCUT2D eigenvalue weighted by molar-refractivity contribution is 5.36. The van der Waals surface area contributed by atoms with Crippen LogP contribution in [0.5, 0.6) is 0 Å². The molecule has 0 N–H and O–H groups in total. The van der Waals surface area contributed by atoms with Crippen LogP contribution in [0.3, 0.4) is 0 Å². The first-order chi connectivity index (χ1) is 11.2. The summed E-state index contributed by atoms with van der Waals surface area (Å²) in [7, 11) is 5.31. The number of hydrogen-bond acceptors (Lipinski definition) is 5. The van der Waals surface area contributed by atoms with Crippen LogP contribution >= 0.6 is 0 Å². The van der Waals surface area contributed by atoms with Crippen molar-refractivity contribution in [1.82, 2.24) is 9.80 Å². The van der Waals surface area contributed by atoms with Crippen molar-refractivity contribution in [2.75, 3.05) is 54.1 Å². The Kier molecular flexibility index (Phi) is 13.4. The van der Waals surface area contributed by atoms with E-state index < -0.39 is 0 Å². The Morgan fingerprint density at radius 3 is 1.74 bits per heavy atom. The van der Waals surface area contributed by atoms with E-state index in [1.165, 1.54) is 71.8 Å². The summed E-state index contributed by atoms with van der Waals surface area (Å²) in [5.74, 6) is 0. The fourth-order valence-electron chi connectivity index (χ4n) is 3.60. The van der Waals surface area contributed by atoms with Gasteiger partial charge in [0.2, 0.25) is 0 Å². The number of methoxy groups -OCH3 is 2. The largest absolute Gasteiger partial charge is 0.471 e. The van der Waals surface area contributed by atoms with Crippen molar-refractivity contribution in [3.63, 3.8) is 0 Å². The summed E-state index contributed by atoms with van der Waals surface area (Å²) in [6.45, 7) is 10.6. The number of nitrogens with zero attached hydrogens (tertiary/aromatic N) is 2. The van der Waals surface area contributed by atoms with E-state index in [1.807, 2.05) is 21.0 Å². The van der Waals surface area contributed by atoms with Gasteiger partial charge in [0.15, 0.2) is 0 Å². The van der Waals surface area contributed by atoms with Crippen LogP contribution in [0.15, 0.2) is 0 Å². The SMILES string of the molecule is CC.CN1CCCC1.COC=O.COCC12CCCN1CCC2. The maximum absolute atomic E-state index is 8.95. The molecule has 3 heterocycles. The van der Waals surface area contributed by atoms with Gasteiger partial charge in [-0.2, -0.15) is 0 Å². The van der Waals surface area contributed by atoms with Gasteiger partial charge in [-0.25, -0.2) is 0 Å². The van der Waals surface area contributed by atoms with Gasteiger partial charge in [-0.1, -0.05) is 13.8 Å². The summed E-state index contributed by atoms with van der Waals surface area (Å²) in [6, 6.07) is 0. The molecule has 3 aliphatic rings. The molecule has 5 heteroatoms. The van der Waals surface area contributed by atoms with Crippen LogP contribution in [-0.4, -0.2) is 75.9 Å². The highest BCUT2D eigenvalue weighted by Crippen LogP contribution is 2.38. The van der Waals surface area contributed by atoms with Crippen molar-refractivity contribution in [2.24, 2.45) is 0 Å². The highest BCUT2D eigenvalue weighted by atomic mass is 16.5. The minimum absolute atomic E-state index is 0.375. The van der Waals surface area contributed by atoms with Gasteiger partial charge in [-0.15, -0.1) is 0 Å². The van der Waals surface area contributed by atoms with Gasteiger partial charge in [0, 0.05) is 12.6 Å². The predicted octanol–water partition coefficient (Wildman–Crippen LogP) is 2.79. The first-order valence-corrected chi connectivity index (χ1v) is 9.07. The first-order valence-electron chi connectivity index (χ1n) is 9.07. The van der Waals surface area contributed by atoms with Crippen LogP contribution in [0.1, 0.15) is 52.4 Å². The lowest BCUT2D eigenvalue weighted by Gasteiger charge is -2.30. The summed E-state index contributed by atoms with van der Waals surface area (Å²) < 4.78 is 9.15. The highest BCUT2D eigenvalue weighted by Gasteiger charge is 2.43. The van der Waals surface area contributed by atoms with Crippen molar-refractivity contribution in [3.05, 3.63) is 0 Å². The number of carbonyl (C=O) groups excluding carboxylic acids is 1. The number of hydrogen-bond donors (Lipinski definition) is 0. The molecule has 0 spiro atoms. The zero-order valence-electron chi connectivity index (χ0n) is 16.0. The lowest BCUT2D eigenvalue weighted by atomic mass is 9.95. The Morgan fingerprint density at radius 2 is 1.43 bits per heavy atom. The van der Waals surface area contributed by atoms with Crippen molar-refractivity contribution >= 4 is 6.47 Å². The van der Waals surface area contributed by atoms with E-state index in [0.29, 0.717) is 12.0 Å². The van der Waals surface area contributed by atoms with Gasteiger partial charge < -0.3 is 14.4 Å². The molecule has 138 valence electrons. The van der Waals surface area contributed by atoms with E-state index in [-0.39, 0.29) is 0 Å². The second kappa shape index (κ2) is 13.8. The molecule has 0 aromatic rings. The molecule has 0 atom stereocenters. The van der Waals surface area contributed by atoms with Gasteiger partial charge >= 0.3 is 0 Å². The summed E-state index contributed by atoms with van der Waals surface area (Å²) in [5.41, 5.74) is 0.467. The van der Waals surface area contributed by atoms with E-state index in [1.54, 1.807) is 0 Å². The van der Waals surface area contributed by atoms with E-state index >= 15 is 0 Å². The predicted molar refractivity (Wildman–Crippen MR) is 95.8 cm³/mol. The standard InChI is InChI=1S/C9H17NO.C5H11N.C2H4O2.C2H6/c1-11-8-9-4-2-6-10(9)7-3-5-9;1-6-4-2-3-5-6;1-4-2-3;1-2/h2-8H2,1H3;2-5H2,1H3;2H,1H3;1-2H3. The minimum Gasteiger partial charge on any atom is -0.471 e. The van der Waals surface area contributed by atoms with E-state index in [9.17, 15) is 0 Å². The molecule has 3 saturated heterocycles. The molecular weight excluding hydrogens is 292 g/mol. The van der Waals surface area contributed by atoms with Crippen LogP contribution in [0.4, 0.5) is 0 Å². The molecule has 0 aromatic heterocycles.